The molecule has 0 aliphatic heterocycles. The van der Waals surface area contributed by atoms with E-state index < -0.39 is 0 Å². The number of pyridine rings is 1. The number of hydrogen-bond donors (Lipinski definition) is 1. The second-order valence-corrected chi connectivity index (χ2v) is 4.36. The third-order valence-electron chi connectivity index (χ3n) is 2.86. The average Bonchev–Trinajstić information content (AvgIpc) is 2.41. The lowest BCUT2D eigenvalue weighted by Gasteiger charge is -2.19. The Labute approximate surface area is 111 Å². The fourth-order valence-corrected chi connectivity index (χ4v) is 1.97. The summed E-state index contributed by atoms with van der Waals surface area (Å²) >= 11 is 0. The normalized spacial score (nSPS) is 11.8. The first kappa shape index (κ1) is 13.1. The summed E-state index contributed by atoms with van der Waals surface area (Å²) in [6.07, 6.45) is 1.72. The van der Waals surface area contributed by atoms with Gasteiger partial charge in [-0.05, 0) is 11.6 Å². The second kappa shape index (κ2) is 6.00. The van der Waals surface area contributed by atoms with E-state index in [1.807, 2.05) is 30.3 Å². The highest BCUT2D eigenvalue weighted by Gasteiger charge is 2.13. The number of hydrogen-bond acceptors (Lipinski definition) is 2. The maximum Gasteiger partial charge on any atom is 0.250 e. The minimum atomic E-state index is -0.209. The molecule has 19 heavy (non-hydrogen) atoms. The smallest absolute Gasteiger partial charge is 0.250 e. The highest BCUT2D eigenvalue weighted by molar-refractivity contribution is 5.73. The van der Waals surface area contributed by atoms with Crippen molar-refractivity contribution in [1.82, 2.24) is 9.88 Å². The molecule has 0 radical (unpaired) electrons. The van der Waals surface area contributed by atoms with E-state index in [-0.39, 0.29) is 17.5 Å². The van der Waals surface area contributed by atoms with Crippen LogP contribution in [-0.4, -0.2) is 10.5 Å². The van der Waals surface area contributed by atoms with Crippen molar-refractivity contribution >= 4 is 5.91 Å². The van der Waals surface area contributed by atoms with Gasteiger partial charge in [0.05, 0.1) is 12.6 Å². The number of nitrogens with one attached hydrogen (secondary N) is 1. The summed E-state index contributed by atoms with van der Waals surface area (Å²) in [4.78, 5) is 23.0. The molecule has 1 unspecified atom stereocenters. The Hall–Kier alpha value is -2.36. The molecule has 0 saturated heterocycles. The quantitative estimate of drug-likeness (QED) is 0.905. The van der Waals surface area contributed by atoms with Gasteiger partial charge in [0.25, 0.3) is 5.56 Å². The molecule has 1 aromatic heterocycles. The first-order chi connectivity index (χ1) is 9.16. The maximum atomic E-state index is 11.7. The van der Waals surface area contributed by atoms with Crippen LogP contribution in [0.5, 0.6) is 0 Å². The van der Waals surface area contributed by atoms with E-state index in [1.165, 1.54) is 13.0 Å². The van der Waals surface area contributed by atoms with Crippen LogP contribution in [0.25, 0.3) is 0 Å². The number of aromatic nitrogens is 1. The first-order valence-electron chi connectivity index (χ1n) is 6.14. The van der Waals surface area contributed by atoms with Gasteiger partial charge < -0.3 is 9.88 Å². The summed E-state index contributed by atoms with van der Waals surface area (Å²) in [6, 6.07) is 14.4. The molecule has 0 bridgehead atoms. The largest absolute Gasteiger partial charge is 0.348 e. The minimum Gasteiger partial charge on any atom is -0.348 e. The zero-order chi connectivity index (χ0) is 13.7. The average molecular weight is 256 g/mol. The molecule has 1 atom stereocenters. The molecule has 1 N–H and O–H groups in total. The number of carbonyl (C=O) groups is 1. The predicted molar refractivity (Wildman–Crippen MR) is 73.7 cm³/mol. The predicted octanol–water partition coefficient (Wildman–Crippen LogP) is 1.73. The van der Waals surface area contributed by atoms with Crippen molar-refractivity contribution in [3.8, 4) is 0 Å². The van der Waals surface area contributed by atoms with Crippen molar-refractivity contribution in [1.29, 1.82) is 0 Å². The fourth-order valence-electron chi connectivity index (χ4n) is 1.97. The molecule has 0 aliphatic carbocycles. The summed E-state index contributed by atoms with van der Waals surface area (Å²) in [5, 5.41) is 2.87. The lowest BCUT2D eigenvalue weighted by molar-refractivity contribution is -0.119. The van der Waals surface area contributed by atoms with E-state index in [1.54, 1.807) is 22.9 Å². The SMILES string of the molecule is CC(=O)NC(Cn1ccccc1=O)c1ccccc1. The van der Waals surface area contributed by atoms with E-state index >= 15 is 0 Å². The molecule has 0 saturated carbocycles. The van der Waals surface area contributed by atoms with Crippen molar-refractivity contribution < 1.29 is 4.79 Å². The summed E-state index contributed by atoms with van der Waals surface area (Å²) < 4.78 is 1.59. The summed E-state index contributed by atoms with van der Waals surface area (Å²) in [6.45, 7) is 1.90. The molecule has 0 fully saturated rings. The van der Waals surface area contributed by atoms with Crippen molar-refractivity contribution in [2.45, 2.75) is 19.5 Å². The number of nitrogens with zero attached hydrogens (tertiary/aromatic N) is 1. The Morgan fingerprint density at radius 1 is 1.16 bits per heavy atom. The van der Waals surface area contributed by atoms with E-state index in [0.717, 1.165) is 5.56 Å². The molecule has 0 spiro atoms. The zero-order valence-corrected chi connectivity index (χ0v) is 10.7. The van der Waals surface area contributed by atoms with Gasteiger partial charge in [-0.25, -0.2) is 0 Å². The van der Waals surface area contributed by atoms with Crippen LogP contribution in [0.4, 0.5) is 0 Å². The highest BCUT2D eigenvalue weighted by Crippen LogP contribution is 2.14. The molecule has 98 valence electrons. The third-order valence-corrected chi connectivity index (χ3v) is 2.86. The van der Waals surface area contributed by atoms with Gasteiger partial charge in [0.2, 0.25) is 5.91 Å². The lowest BCUT2D eigenvalue weighted by Crippen LogP contribution is -2.32. The number of benzene rings is 1. The van der Waals surface area contributed by atoms with E-state index in [4.69, 9.17) is 0 Å². The van der Waals surface area contributed by atoms with Gasteiger partial charge in [0.15, 0.2) is 0 Å². The number of carbonyl (C=O) groups excluding carboxylic acids is 1. The first-order valence-corrected chi connectivity index (χ1v) is 6.14. The summed E-state index contributed by atoms with van der Waals surface area (Å²) in [5.41, 5.74) is 0.905. The van der Waals surface area contributed by atoms with Crippen LogP contribution in [0.15, 0.2) is 59.5 Å². The molecule has 1 heterocycles. The third kappa shape index (κ3) is 3.55. The highest BCUT2D eigenvalue weighted by atomic mass is 16.1. The van der Waals surface area contributed by atoms with E-state index in [2.05, 4.69) is 5.32 Å². The van der Waals surface area contributed by atoms with Gasteiger partial charge in [-0.1, -0.05) is 36.4 Å². The van der Waals surface area contributed by atoms with Gasteiger partial charge in [0, 0.05) is 19.2 Å². The van der Waals surface area contributed by atoms with Crippen molar-refractivity contribution in [3.63, 3.8) is 0 Å². The molecule has 1 amide bonds. The fraction of sp³-hybridized carbons (Fsp3) is 0.200. The van der Waals surface area contributed by atoms with E-state index in [0.29, 0.717) is 6.54 Å². The second-order valence-electron chi connectivity index (χ2n) is 4.36. The molecular weight excluding hydrogens is 240 g/mol. The van der Waals surface area contributed by atoms with Gasteiger partial charge >= 0.3 is 0 Å². The standard InChI is InChI=1S/C15H16N2O2/c1-12(18)16-14(13-7-3-2-4-8-13)11-17-10-6-5-9-15(17)19/h2-10,14H,11H2,1H3,(H,16,18). The van der Waals surface area contributed by atoms with Crippen LogP contribution in [-0.2, 0) is 11.3 Å². The molecule has 2 aromatic rings. The topological polar surface area (TPSA) is 51.1 Å². The molecular formula is C15H16N2O2. The van der Waals surface area contributed by atoms with Gasteiger partial charge in [-0.3, -0.25) is 9.59 Å². The maximum absolute atomic E-state index is 11.7. The van der Waals surface area contributed by atoms with Gasteiger partial charge in [0.1, 0.15) is 0 Å². The number of rotatable bonds is 4. The van der Waals surface area contributed by atoms with E-state index in [9.17, 15) is 9.59 Å². The van der Waals surface area contributed by atoms with Crippen molar-refractivity contribution in [2.24, 2.45) is 0 Å². The lowest BCUT2D eigenvalue weighted by atomic mass is 10.1. The molecule has 1 aromatic carbocycles. The van der Waals surface area contributed by atoms with Crippen LogP contribution >= 0.6 is 0 Å². The van der Waals surface area contributed by atoms with Crippen LogP contribution in [0.1, 0.15) is 18.5 Å². The van der Waals surface area contributed by atoms with Crippen molar-refractivity contribution in [3.05, 3.63) is 70.6 Å². The van der Waals surface area contributed by atoms with Gasteiger partial charge in [-0.15, -0.1) is 0 Å². The van der Waals surface area contributed by atoms with Crippen LogP contribution in [0, 0.1) is 0 Å². The minimum absolute atomic E-state index is 0.0752. The Kier molecular flexibility index (Phi) is 4.13. The summed E-state index contributed by atoms with van der Waals surface area (Å²) in [5.74, 6) is -0.113. The Bertz CT molecular complexity index is 605. The van der Waals surface area contributed by atoms with Crippen molar-refractivity contribution in [2.75, 3.05) is 0 Å². The molecule has 2 rings (SSSR count). The van der Waals surface area contributed by atoms with Crippen LogP contribution in [0.3, 0.4) is 0 Å². The Morgan fingerprint density at radius 3 is 2.47 bits per heavy atom. The Balaban J connectivity index is 2.27. The molecule has 0 aliphatic rings. The van der Waals surface area contributed by atoms with Gasteiger partial charge in [-0.2, -0.15) is 0 Å². The molecule has 4 nitrogen and oxygen atoms in total. The zero-order valence-electron chi connectivity index (χ0n) is 10.7. The van der Waals surface area contributed by atoms with Crippen LogP contribution in [0.2, 0.25) is 0 Å². The Morgan fingerprint density at radius 2 is 1.84 bits per heavy atom. The summed E-state index contributed by atoms with van der Waals surface area (Å²) in [7, 11) is 0. The number of amides is 1. The van der Waals surface area contributed by atoms with Crippen LogP contribution < -0.4 is 10.9 Å². The molecule has 4 heteroatoms. The monoisotopic (exact) mass is 256 g/mol.